The molecule has 1 aliphatic rings. The molecule has 0 aromatic carbocycles. The SMILES string of the molecule is CCCCCNC(=O)CSCCNC(=O)CCNC(=O)C(O)C(C)(C)COP(=O)([O-])OP(=O)([O-])OCC1OC(n2cnc3c(N)ncnc32)C(O)C1OP(=O)([O-])[O-]. The van der Waals surface area contributed by atoms with Crippen LogP contribution in [0.1, 0.15) is 52.7 Å². The van der Waals surface area contributed by atoms with Crippen LogP contribution in [0.15, 0.2) is 12.7 Å². The lowest BCUT2D eigenvalue weighted by molar-refractivity contribution is -0.347. The Labute approximate surface area is 330 Å². The zero-order chi connectivity index (χ0) is 42.6. The Hall–Kier alpha value is -2.64. The van der Waals surface area contributed by atoms with Gasteiger partial charge in [-0.05, 0) is 6.42 Å². The summed E-state index contributed by atoms with van der Waals surface area (Å²) in [6.07, 6.45) is -4.57. The third kappa shape index (κ3) is 15.8. The van der Waals surface area contributed by atoms with Crippen molar-refractivity contribution in [1.82, 2.24) is 35.5 Å². The fraction of sp³-hybridized carbons (Fsp3) is 0.714. The third-order valence-corrected chi connectivity index (χ3v) is 11.9. The van der Waals surface area contributed by atoms with E-state index in [0.29, 0.717) is 12.3 Å². The van der Waals surface area contributed by atoms with Crippen molar-refractivity contribution in [3.8, 4) is 0 Å². The van der Waals surface area contributed by atoms with E-state index >= 15 is 0 Å². The number of thioether (sulfide) groups is 1. The standard InChI is InChI=1S/C28H49N8O17P3S/c1-4-5-6-8-30-19(38)13-57-11-10-31-18(37)7-9-32-26(41)23(40)28(2,3)14-50-56(47,48)53-55(45,46)49-12-17-22(52-54(42,43)44)21(39)27(51-17)36-16-35-20-24(29)33-15-34-25(20)36/h15-17,21-23,27,39-40H,4-14H2,1-3H3,(H,30,38)(H,31,37)(H,32,41)(H,45,46)(H,47,48)(H2,29,33,34)(H2,42,43,44)/p-4. The first-order chi connectivity index (χ1) is 26.6. The van der Waals surface area contributed by atoms with Crippen LogP contribution in [0.5, 0.6) is 0 Å². The molecule has 1 saturated heterocycles. The maximum Gasteiger partial charge on any atom is 0.274 e. The van der Waals surface area contributed by atoms with Gasteiger partial charge < -0.3 is 74.3 Å². The number of carbonyl (C=O) groups excluding carboxylic acids is 3. The van der Waals surface area contributed by atoms with Crippen LogP contribution in [-0.2, 0) is 50.7 Å². The lowest BCUT2D eigenvalue weighted by Crippen LogP contribution is -2.46. The van der Waals surface area contributed by atoms with Crippen LogP contribution >= 0.6 is 35.2 Å². The number of fused-ring (bicyclic) bond motifs is 1. The van der Waals surface area contributed by atoms with Gasteiger partial charge in [-0.1, -0.05) is 33.6 Å². The maximum atomic E-state index is 12.5. The lowest BCUT2D eigenvalue weighted by atomic mass is 9.87. The molecule has 1 aliphatic heterocycles. The first-order valence-electron chi connectivity index (χ1n) is 17.2. The zero-order valence-corrected chi connectivity index (χ0v) is 34.5. The second-order valence-electron chi connectivity index (χ2n) is 13.1. The number of nitrogens with zero attached hydrogens (tertiary/aromatic N) is 4. The third-order valence-electron chi connectivity index (χ3n) is 7.96. The molecule has 3 rings (SSSR count). The summed E-state index contributed by atoms with van der Waals surface area (Å²) in [6.45, 7) is 2.88. The highest BCUT2D eigenvalue weighted by molar-refractivity contribution is 7.99. The van der Waals surface area contributed by atoms with Gasteiger partial charge in [0.25, 0.3) is 15.6 Å². The Morgan fingerprint density at radius 2 is 1.70 bits per heavy atom. The van der Waals surface area contributed by atoms with Gasteiger partial charge >= 0.3 is 0 Å². The molecule has 29 heteroatoms. The zero-order valence-electron chi connectivity index (χ0n) is 31.0. The number of ether oxygens (including phenoxy) is 1. The van der Waals surface area contributed by atoms with E-state index in [4.69, 9.17) is 10.5 Å². The summed E-state index contributed by atoms with van der Waals surface area (Å²) in [6, 6.07) is 0. The number of hydrogen-bond donors (Lipinski definition) is 6. The van der Waals surface area contributed by atoms with Crippen LogP contribution in [0, 0.1) is 5.41 Å². The number of unbranched alkanes of at least 4 members (excludes halogenated alkanes) is 2. The Bertz CT molecular complexity index is 1820. The molecule has 2 aromatic heterocycles. The predicted molar refractivity (Wildman–Crippen MR) is 191 cm³/mol. The maximum absolute atomic E-state index is 12.5. The summed E-state index contributed by atoms with van der Waals surface area (Å²) < 4.78 is 60.5. The molecular formula is C28H45N8O17P3S-4. The number of aromatic nitrogens is 4. The summed E-state index contributed by atoms with van der Waals surface area (Å²) in [5.41, 5.74) is 4.08. The molecule has 1 fully saturated rings. The number of amides is 3. The quantitative estimate of drug-likeness (QED) is 0.0425. The van der Waals surface area contributed by atoms with Crippen LogP contribution < -0.4 is 41.3 Å². The van der Waals surface area contributed by atoms with Crippen molar-refractivity contribution in [2.45, 2.75) is 77.1 Å². The monoisotopic (exact) mass is 890 g/mol. The van der Waals surface area contributed by atoms with Crippen molar-refractivity contribution in [2.75, 3.05) is 50.1 Å². The number of imidazole rings is 1. The van der Waals surface area contributed by atoms with E-state index in [-0.39, 0.29) is 48.2 Å². The van der Waals surface area contributed by atoms with Crippen LogP contribution in [0.2, 0.25) is 0 Å². The van der Waals surface area contributed by atoms with Crippen LogP contribution in [-0.4, -0.2) is 116 Å². The van der Waals surface area contributed by atoms with Gasteiger partial charge in [0.2, 0.25) is 17.7 Å². The summed E-state index contributed by atoms with van der Waals surface area (Å²) in [5.74, 6) is -0.895. The highest BCUT2D eigenvalue weighted by Crippen LogP contribution is 2.56. The fourth-order valence-electron chi connectivity index (χ4n) is 5.00. The minimum Gasteiger partial charge on any atom is -0.790 e. The Morgan fingerprint density at radius 1 is 1.02 bits per heavy atom. The van der Waals surface area contributed by atoms with Gasteiger partial charge in [-0.3, -0.25) is 28.1 Å². The van der Waals surface area contributed by atoms with Crippen LogP contribution in [0.25, 0.3) is 11.2 Å². The molecule has 0 saturated carbocycles. The highest BCUT2D eigenvalue weighted by atomic mass is 32.2. The second kappa shape index (κ2) is 21.6. The number of phosphoric ester groups is 3. The largest absolute Gasteiger partial charge is 0.790 e. The fourth-order valence-corrected chi connectivity index (χ4v) is 8.41. The minimum atomic E-state index is -5.91. The second-order valence-corrected chi connectivity index (χ2v) is 18.3. The summed E-state index contributed by atoms with van der Waals surface area (Å²) in [5, 5.41) is 29.1. The molecule has 2 aromatic rings. The van der Waals surface area contributed by atoms with Gasteiger partial charge in [0.05, 0.1) is 33.1 Å². The number of phosphoric acid groups is 3. The molecule has 7 atom stereocenters. The Morgan fingerprint density at radius 3 is 2.39 bits per heavy atom. The number of aliphatic hydroxyl groups excluding tert-OH is 2. The first kappa shape index (κ1) is 48.7. The molecular weight excluding hydrogens is 845 g/mol. The summed E-state index contributed by atoms with van der Waals surface area (Å²) in [7, 11) is -17.6. The molecule has 3 amide bonds. The van der Waals surface area contributed by atoms with Gasteiger partial charge in [0.15, 0.2) is 17.7 Å². The number of nitrogens with two attached hydrogens (primary N) is 1. The molecule has 0 bridgehead atoms. The number of nitrogen functional groups attached to an aromatic ring is 1. The highest BCUT2D eigenvalue weighted by Gasteiger charge is 2.47. The Balaban J connectivity index is 1.45. The van der Waals surface area contributed by atoms with E-state index in [9.17, 15) is 57.9 Å². The summed E-state index contributed by atoms with van der Waals surface area (Å²) in [4.78, 5) is 95.8. The number of anilines is 1. The van der Waals surface area contributed by atoms with Crippen molar-refractivity contribution in [2.24, 2.45) is 5.41 Å². The topological polar surface area (TPSA) is 387 Å². The van der Waals surface area contributed by atoms with Crippen molar-refractivity contribution >= 4 is 69.9 Å². The van der Waals surface area contributed by atoms with Gasteiger partial charge in [-0.2, -0.15) is 11.8 Å². The molecule has 324 valence electrons. The normalized spacial score (nSPS) is 21.4. The van der Waals surface area contributed by atoms with E-state index in [1.165, 1.54) is 25.6 Å². The average molecular weight is 891 g/mol. The van der Waals surface area contributed by atoms with E-state index < -0.39 is 84.6 Å². The number of carbonyl (C=O) groups is 3. The van der Waals surface area contributed by atoms with Gasteiger partial charge in [0, 0.05) is 37.2 Å². The van der Waals surface area contributed by atoms with Crippen molar-refractivity contribution in [1.29, 1.82) is 0 Å². The number of hydrogen-bond acceptors (Lipinski definition) is 22. The molecule has 0 aliphatic carbocycles. The number of rotatable bonds is 25. The van der Waals surface area contributed by atoms with E-state index in [1.54, 1.807) is 0 Å². The number of aliphatic hydroxyl groups is 2. The van der Waals surface area contributed by atoms with Gasteiger partial charge in [0.1, 0.15) is 36.3 Å². The number of nitrogens with one attached hydrogen (secondary N) is 3. The van der Waals surface area contributed by atoms with E-state index in [0.717, 1.165) is 36.5 Å². The summed E-state index contributed by atoms with van der Waals surface area (Å²) >= 11 is 1.33. The minimum absolute atomic E-state index is 0.0202. The van der Waals surface area contributed by atoms with Gasteiger partial charge in [-0.15, -0.1) is 0 Å². The molecule has 7 unspecified atom stereocenters. The molecule has 7 N–H and O–H groups in total. The predicted octanol–water partition coefficient (Wildman–Crippen LogP) is -3.08. The molecule has 57 heavy (non-hydrogen) atoms. The van der Waals surface area contributed by atoms with Crippen molar-refractivity contribution in [3.63, 3.8) is 0 Å². The van der Waals surface area contributed by atoms with E-state index in [1.807, 2.05) is 0 Å². The lowest BCUT2D eigenvalue weighted by Gasteiger charge is -2.36. The van der Waals surface area contributed by atoms with Gasteiger partial charge in [-0.25, -0.2) is 19.3 Å². The first-order valence-corrected chi connectivity index (χ1v) is 22.8. The van der Waals surface area contributed by atoms with Crippen molar-refractivity contribution in [3.05, 3.63) is 12.7 Å². The van der Waals surface area contributed by atoms with Crippen LogP contribution in [0.3, 0.4) is 0 Å². The van der Waals surface area contributed by atoms with E-state index in [2.05, 4.69) is 55.7 Å². The van der Waals surface area contributed by atoms with Crippen LogP contribution in [0.4, 0.5) is 5.82 Å². The molecule has 25 nitrogen and oxygen atoms in total. The molecule has 0 spiro atoms. The molecule has 0 radical (unpaired) electrons. The van der Waals surface area contributed by atoms with Crippen molar-refractivity contribution < 1.29 is 80.5 Å². The smallest absolute Gasteiger partial charge is 0.274 e. The molecule has 3 heterocycles. The Kier molecular flexibility index (Phi) is 18.4. The average Bonchev–Trinajstić information content (AvgIpc) is 3.68.